The lowest BCUT2D eigenvalue weighted by atomic mass is 10.0. The van der Waals surface area contributed by atoms with Crippen molar-refractivity contribution in [1.82, 2.24) is 9.80 Å². The first-order chi connectivity index (χ1) is 8.84. The average Bonchev–Trinajstić information content (AvgIpc) is 3.08. The minimum absolute atomic E-state index is 0.213. The molecule has 4 nitrogen and oxygen atoms in total. The molecular formula is C14H26N2O2S. The van der Waals surface area contributed by atoms with Gasteiger partial charge in [0, 0.05) is 39.1 Å². The summed E-state index contributed by atoms with van der Waals surface area (Å²) in [6.07, 6.45) is 2.98. The second-order valence-electron chi connectivity index (χ2n) is 6.80. The molecule has 2 aliphatic rings. The number of carbonyl (C=O) groups is 1. The molecule has 1 saturated carbocycles. The van der Waals surface area contributed by atoms with Crippen molar-refractivity contribution >= 4 is 18.5 Å². The molecular weight excluding hydrogens is 260 g/mol. The van der Waals surface area contributed by atoms with Gasteiger partial charge in [0.1, 0.15) is 0 Å². The Morgan fingerprint density at radius 2 is 1.84 bits per heavy atom. The fourth-order valence-electron chi connectivity index (χ4n) is 2.70. The first kappa shape index (κ1) is 15.1. The van der Waals surface area contributed by atoms with E-state index in [0.29, 0.717) is 13.0 Å². The lowest BCUT2D eigenvalue weighted by molar-refractivity contribution is -0.134. The predicted octanol–water partition coefficient (Wildman–Crippen LogP) is 1.00. The van der Waals surface area contributed by atoms with Crippen molar-refractivity contribution in [3.05, 3.63) is 0 Å². The molecule has 0 atom stereocenters. The van der Waals surface area contributed by atoms with E-state index in [0.717, 1.165) is 44.8 Å². The highest BCUT2D eigenvalue weighted by Gasteiger charge is 2.43. The van der Waals surface area contributed by atoms with E-state index < -0.39 is 5.60 Å². The van der Waals surface area contributed by atoms with Gasteiger partial charge in [0.2, 0.25) is 5.91 Å². The van der Waals surface area contributed by atoms with Crippen LogP contribution in [-0.4, -0.2) is 64.9 Å². The number of nitrogens with zero attached hydrogens (tertiary/aromatic N) is 2. The van der Waals surface area contributed by atoms with Crippen LogP contribution in [0.25, 0.3) is 0 Å². The van der Waals surface area contributed by atoms with Crippen molar-refractivity contribution in [2.45, 2.75) is 38.7 Å². The van der Waals surface area contributed by atoms with Gasteiger partial charge >= 0.3 is 0 Å². The maximum absolute atomic E-state index is 12.2. The highest BCUT2D eigenvalue weighted by molar-refractivity contribution is 7.80. The molecule has 1 saturated heterocycles. The van der Waals surface area contributed by atoms with E-state index in [2.05, 4.69) is 17.5 Å². The summed E-state index contributed by atoms with van der Waals surface area (Å²) in [6.45, 7) is 7.64. The van der Waals surface area contributed by atoms with E-state index in [1.807, 2.05) is 18.7 Å². The lowest BCUT2D eigenvalue weighted by Gasteiger charge is -2.37. The summed E-state index contributed by atoms with van der Waals surface area (Å²) < 4.78 is 0. The molecule has 0 radical (unpaired) electrons. The van der Waals surface area contributed by atoms with Crippen LogP contribution >= 0.6 is 12.6 Å². The summed E-state index contributed by atoms with van der Waals surface area (Å²) in [6, 6.07) is 0. The highest BCUT2D eigenvalue weighted by atomic mass is 32.1. The number of carbonyl (C=O) groups excluding carboxylic acids is 1. The fraction of sp³-hybridized carbons (Fsp3) is 0.929. The van der Waals surface area contributed by atoms with E-state index in [1.165, 1.54) is 0 Å². The second-order valence-corrected chi connectivity index (χ2v) is 7.12. The first-order valence-corrected chi connectivity index (χ1v) is 7.80. The van der Waals surface area contributed by atoms with Crippen molar-refractivity contribution in [3.63, 3.8) is 0 Å². The Labute approximate surface area is 121 Å². The number of thiol groups is 1. The molecule has 19 heavy (non-hydrogen) atoms. The summed E-state index contributed by atoms with van der Waals surface area (Å²) >= 11 is 4.36. The summed E-state index contributed by atoms with van der Waals surface area (Å²) in [5.41, 5.74) is -0.444. The molecule has 1 aliphatic carbocycles. The third-order valence-corrected chi connectivity index (χ3v) is 4.83. The number of hydrogen-bond donors (Lipinski definition) is 2. The van der Waals surface area contributed by atoms with Crippen LogP contribution in [-0.2, 0) is 4.79 Å². The molecule has 0 aromatic heterocycles. The van der Waals surface area contributed by atoms with Gasteiger partial charge in [0.25, 0.3) is 0 Å². The third kappa shape index (κ3) is 4.36. The van der Waals surface area contributed by atoms with E-state index in [9.17, 15) is 9.90 Å². The molecule has 5 heteroatoms. The first-order valence-electron chi connectivity index (χ1n) is 7.17. The number of aliphatic hydroxyl groups is 1. The smallest absolute Gasteiger partial charge is 0.223 e. The molecule has 2 fully saturated rings. The second kappa shape index (κ2) is 5.62. The average molecular weight is 286 g/mol. The lowest BCUT2D eigenvalue weighted by Crippen LogP contribution is -2.52. The Kier molecular flexibility index (Phi) is 4.48. The summed E-state index contributed by atoms with van der Waals surface area (Å²) in [7, 11) is 0. The molecule has 1 heterocycles. The minimum atomic E-state index is -0.656. The Bertz CT molecular complexity index is 329. The number of hydrogen-bond acceptors (Lipinski definition) is 4. The van der Waals surface area contributed by atoms with Crippen LogP contribution in [0.3, 0.4) is 0 Å². The quantitative estimate of drug-likeness (QED) is 0.741. The molecule has 110 valence electrons. The Morgan fingerprint density at radius 3 is 2.26 bits per heavy atom. The van der Waals surface area contributed by atoms with Crippen LogP contribution in [0.5, 0.6) is 0 Å². The van der Waals surface area contributed by atoms with Crippen LogP contribution in [0.2, 0.25) is 0 Å². The maximum Gasteiger partial charge on any atom is 0.223 e. The van der Waals surface area contributed by atoms with Crippen molar-refractivity contribution in [2.24, 2.45) is 5.41 Å². The van der Waals surface area contributed by atoms with Crippen LogP contribution < -0.4 is 0 Å². The minimum Gasteiger partial charge on any atom is -0.389 e. The summed E-state index contributed by atoms with van der Waals surface area (Å²) in [5.74, 6) is 1.12. The number of β-amino-alcohol motifs (C(OH)–C–C–N with tert-alkyl or cyclic N) is 1. The van der Waals surface area contributed by atoms with Crippen molar-refractivity contribution in [2.75, 3.05) is 38.5 Å². The van der Waals surface area contributed by atoms with Crippen LogP contribution in [0, 0.1) is 5.41 Å². The van der Waals surface area contributed by atoms with Gasteiger partial charge in [-0.3, -0.25) is 9.69 Å². The van der Waals surface area contributed by atoms with E-state index in [4.69, 9.17) is 0 Å². The summed E-state index contributed by atoms with van der Waals surface area (Å²) in [4.78, 5) is 16.4. The molecule has 1 aliphatic heterocycles. The zero-order valence-electron chi connectivity index (χ0n) is 12.1. The number of amides is 1. The maximum atomic E-state index is 12.2. The topological polar surface area (TPSA) is 43.8 Å². The molecule has 0 aromatic rings. The van der Waals surface area contributed by atoms with E-state index >= 15 is 0 Å². The monoisotopic (exact) mass is 286 g/mol. The number of rotatable bonds is 5. The van der Waals surface area contributed by atoms with Crippen LogP contribution in [0.4, 0.5) is 0 Å². The van der Waals surface area contributed by atoms with E-state index in [-0.39, 0.29) is 11.3 Å². The van der Waals surface area contributed by atoms with Crippen molar-refractivity contribution in [1.29, 1.82) is 0 Å². The zero-order chi connectivity index (χ0) is 14.1. The van der Waals surface area contributed by atoms with E-state index in [1.54, 1.807) is 0 Å². The van der Waals surface area contributed by atoms with Gasteiger partial charge in [0.05, 0.1) is 5.60 Å². The van der Waals surface area contributed by atoms with Crippen LogP contribution in [0.1, 0.15) is 33.1 Å². The Morgan fingerprint density at radius 1 is 1.26 bits per heavy atom. The summed E-state index contributed by atoms with van der Waals surface area (Å²) in [5, 5.41) is 9.81. The standard InChI is InChI=1S/C14H26N2O2S/c1-13(2,18)10-15-5-7-16(8-6-15)12(17)9-14(11-19)3-4-14/h18-19H,3-11H2,1-2H3. The third-order valence-electron chi connectivity index (χ3n) is 4.15. The van der Waals surface area contributed by atoms with Gasteiger partial charge in [0.15, 0.2) is 0 Å². The van der Waals surface area contributed by atoms with Gasteiger partial charge in [-0.1, -0.05) is 0 Å². The van der Waals surface area contributed by atoms with Gasteiger partial charge < -0.3 is 10.0 Å². The fourth-order valence-corrected chi connectivity index (χ4v) is 3.13. The predicted molar refractivity (Wildman–Crippen MR) is 79.5 cm³/mol. The molecule has 0 spiro atoms. The Hall–Kier alpha value is -0.260. The molecule has 0 aromatic carbocycles. The van der Waals surface area contributed by atoms with Gasteiger partial charge in [-0.05, 0) is 37.9 Å². The zero-order valence-corrected chi connectivity index (χ0v) is 13.0. The number of piperazine rings is 1. The van der Waals surface area contributed by atoms with Gasteiger partial charge in [-0.15, -0.1) is 0 Å². The highest BCUT2D eigenvalue weighted by Crippen LogP contribution is 2.49. The molecule has 1 amide bonds. The van der Waals surface area contributed by atoms with Gasteiger partial charge in [-0.25, -0.2) is 0 Å². The largest absolute Gasteiger partial charge is 0.389 e. The molecule has 0 bridgehead atoms. The Balaban J connectivity index is 1.75. The molecule has 1 N–H and O–H groups in total. The van der Waals surface area contributed by atoms with Crippen molar-refractivity contribution < 1.29 is 9.90 Å². The normalized spacial score (nSPS) is 23.5. The SMILES string of the molecule is CC(C)(O)CN1CCN(C(=O)CC2(CS)CC2)CC1. The van der Waals surface area contributed by atoms with Crippen molar-refractivity contribution in [3.8, 4) is 0 Å². The molecule has 0 unspecified atom stereocenters. The van der Waals surface area contributed by atoms with Gasteiger partial charge in [-0.2, -0.15) is 12.6 Å². The van der Waals surface area contributed by atoms with Crippen LogP contribution in [0.15, 0.2) is 0 Å². The molecule has 2 rings (SSSR count).